The van der Waals surface area contributed by atoms with E-state index in [1.165, 1.54) is 12.1 Å². The number of hydrogen-bond acceptors (Lipinski definition) is 6. The van der Waals surface area contributed by atoms with E-state index in [0.717, 1.165) is 69.1 Å². The van der Waals surface area contributed by atoms with Crippen LogP contribution in [0.1, 0.15) is 12.0 Å². The number of aryl methyl sites for hydroxylation is 1. The molecule has 1 aromatic heterocycles. The monoisotopic (exact) mass is 372 g/mol. The van der Waals surface area contributed by atoms with E-state index >= 15 is 0 Å². The summed E-state index contributed by atoms with van der Waals surface area (Å²) in [6.45, 7) is 7.45. The van der Waals surface area contributed by atoms with Crippen molar-refractivity contribution >= 4 is 5.69 Å². The second-order valence-corrected chi connectivity index (χ2v) is 7.16. The predicted molar refractivity (Wildman–Crippen MR) is 106 cm³/mol. The molecule has 146 valence electrons. The molecule has 1 fully saturated rings. The van der Waals surface area contributed by atoms with Crippen LogP contribution < -0.4 is 5.32 Å². The molecule has 27 heavy (non-hydrogen) atoms. The molecule has 0 spiro atoms. The van der Waals surface area contributed by atoms with Gasteiger partial charge in [0, 0.05) is 69.2 Å². The van der Waals surface area contributed by atoms with Crippen molar-refractivity contribution < 1.29 is 4.92 Å². The molecule has 2 aromatic rings. The highest BCUT2D eigenvalue weighted by Gasteiger charge is 2.14. The largest absolute Gasteiger partial charge is 0.312 e. The molecule has 8 heteroatoms. The first-order chi connectivity index (χ1) is 13.0. The van der Waals surface area contributed by atoms with Gasteiger partial charge in [0.2, 0.25) is 0 Å². The molecular weight excluding hydrogens is 344 g/mol. The minimum atomic E-state index is -0.384. The van der Waals surface area contributed by atoms with E-state index in [9.17, 15) is 10.1 Å². The lowest BCUT2D eigenvalue weighted by molar-refractivity contribution is -0.384. The van der Waals surface area contributed by atoms with E-state index < -0.39 is 0 Å². The van der Waals surface area contributed by atoms with E-state index in [2.05, 4.69) is 27.3 Å². The van der Waals surface area contributed by atoms with Gasteiger partial charge in [-0.2, -0.15) is 5.10 Å². The molecule has 1 saturated heterocycles. The van der Waals surface area contributed by atoms with Gasteiger partial charge in [-0.25, -0.2) is 0 Å². The Labute approximate surface area is 159 Å². The Hall–Kier alpha value is -2.29. The van der Waals surface area contributed by atoms with Crippen LogP contribution in [-0.4, -0.2) is 70.8 Å². The van der Waals surface area contributed by atoms with Crippen molar-refractivity contribution in [3.63, 3.8) is 0 Å². The third-order valence-electron chi connectivity index (χ3n) is 5.00. The van der Waals surface area contributed by atoms with Gasteiger partial charge in [-0.05, 0) is 38.7 Å². The number of nitro groups is 1. The van der Waals surface area contributed by atoms with Gasteiger partial charge in [-0.1, -0.05) is 0 Å². The van der Waals surface area contributed by atoms with E-state index in [-0.39, 0.29) is 10.6 Å². The highest BCUT2D eigenvalue weighted by molar-refractivity contribution is 5.64. The quantitative estimate of drug-likeness (QED) is 0.432. The molecule has 2 heterocycles. The molecule has 0 bridgehead atoms. The van der Waals surface area contributed by atoms with Crippen molar-refractivity contribution in [2.24, 2.45) is 7.05 Å². The number of rotatable bonds is 8. The molecular formula is C19H28N6O2. The van der Waals surface area contributed by atoms with Gasteiger partial charge in [0.05, 0.1) is 10.6 Å². The molecule has 0 radical (unpaired) electrons. The molecule has 0 atom stereocenters. The molecule has 0 saturated carbocycles. The van der Waals surface area contributed by atoms with E-state index in [1.807, 2.05) is 13.2 Å². The fraction of sp³-hybridized carbons (Fsp3) is 0.526. The van der Waals surface area contributed by atoms with Gasteiger partial charge in [0.15, 0.2) is 0 Å². The third-order valence-corrected chi connectivity index (χ3v) is 5.00. The standard InChI is InChI=1S/C19H28N6O2/c1-22-10-12-24(13-11-22)9-3-8-20-14-17-15-23(2)21-19(17)16-4-6-18(7-5-16)25(26)27/h4-7,15,20H,3,8-14H2,1-2H3. The summed E-state index contributed by atoms with van der Waals surface area (Å²) in [5, 5.41) is 18.9. The molecule has 3 rings (SSSR count). The molecule has 1 N–H and O–H groups in total. The lowest BCUT2D eigenvalue weighted by atomic mass is 10.1. The summed E-state index contributed by atoms with van der Waals surface area (Å²) in [5.41, 5.74) is 2.97. The molecule has 0 aliphatic carbocycles. The van der Waals surface area contributed by atoms with Crippen LogP contribution in [0.25, 0.3) is 11.3 Å². The zero-order valence-electron chi connectivity index (χ0n) is 16.1. The Morgan fingerprint density at radius 1 is 1.15 bits per heavy atom. The number of nitrogens with one attached hydrogen (secondary N) is 1. The highest BCUT2D eigenvalue weighted by Crippen LogP contribution is 2.24. The number of aromatic nitrogens is 2. The van der Waals surface area contributed by atoms with Crippen molar-refractivity contribution in [3.8, 4) is 11.3 Å². The van der Waals surface area contributed by atoms with Crippen LogP contribution in [0.5, 0.6) is 0 Å². The average Bonchev–Trinajstić information content (AvgIpc) is 3.03. The summed E-state index contributed by atoms with van der Waals surface area (Å²) in [4.78, 5) is 15.3. The predicted octanol–water partition coefficient (Wildman–Crippen LogP) is 1.72. The van der Waals surface area contributed by atoms with Crippen LogP contribution in [0.4, 0.5) is 5.69 Å². The van der Waals surface area contributed by atoms with Crippen molar-refractivity contribution in [3.05, 3.63) is 46.1 Å². The Morgan fingerprint density at radius 2 is 1.85 bits per heavy atom. The topological polar surface area (TPSA) is 79.5 Å². The number of likely N-dealkylation sites (N-methyl/N-ethyl adjacent to an activating group) is 1. The van der Waals surface area contributed by atoms with E-state index in [4.69, 9.17) is 0 Å². The number of nitro benzene ring substituents is 1. The van der Waals surface area contributed by atoms with Crippen LogP contribution in [-0.2, 0) is 13.6 Å². The van der Waals surface area contributed by atoms with Crippen LogP contribution >= 0.6 is 0 Å². The number of nitrogens with zero attached hydrogens (tertiary/aromatic N) is 5. The molecule has 1 aliphatic rings. The van der Waals surface area contributed by atoms with Crippen molar-refractivity contribution in [1.82, 2.24) is 24.9 Å². The SMILES string of the molecule is CN1CCN(CCCNCc2cn(C)nc2-c2ccc([N+](=O)[O-])cc2)CC1. The third kappa shape index (κ3) is 5.35. The first kappa shape index (κ1) is 19.5. The van der Waals surface area contributed by atoms with E-state index in [0.29, 0.717) is 0 Å². The van der Waals surface area contributed by atoms with Crippen LogP contribution in [0.3, 0.4) is 0 Å². The van der Waals surface area contributed by atoms with Crippen LogP contribution in [0.15, 0.2) is 30.5 Å². The lowest BCUT2D eigenvalue weighted by Crippen LogP contribution is -2.45. The molecule has 0 unspecified atom stereocenters. The Bertz CT molecular complexity index is 750. The Balaban J connectivity index is 1.50. The van der Waals surface area contributed by atoms with Gasteiger partial charge in [0.1, 0.15) is 0 Å². The minimum absolute atomic E-state index is 0.0956. The maximum Gasteiger partial charge on any atom is 0.269 e. The normalized spacial score (nSPS) is 15.9. The zero-order valence-corrected chi connectivity index (χ0v) is 16.1. The molecule has 0 amide bonds. The zero-order chi connectivity index (χ0) is 19.2. The van der Waals surface area contributed by atoms with Gasteiger partial charge in [-0.3, -0.25) is 14.8 Å². The Morgan fingerprint density at radius 3 is 2.52 bits per heavy atom. The summed E-state index contributed by atoms with van der Waals surface area (Å²) in [7, 11) is 4.07. The number of hydrogen-bond donors (Lipinski definition) is 1. The Kier molecular flexibility index (Phi) is 6.54. The highest BCUT2D eigenvalue weighted by atomic mass is 16.6. The fourth-order valence-electron chi connectivity index (χ4n) is 3.37. The van der Waals surface area contributed by atoms with Crippen molar-refractivity contribution in [1.29, 1.82) is 0 Å². The maximum atomic E-state index is 10.8. The van der Waals surface area contributed by atoms with Gasteiger partial charge >= 0.3 is 0 Å². The summed E-state index contributed by atoms with van der Waals surface area (Å²) in [6.07, 6.45) is 3.13. The minimum Gasteiger partial charge on any atom is -0.312 e. The summed E-state index contributed by atoms with van der Waals surface area (Å²) >= 11 is 0. The fourth-order valence-corrected chi connectivity index (χ4v) is 3.37. The lowest BCUT2D eigenvalue weighted by Gasteiger charge is -2.32. The van der Waals surface area contributed by atoms with Crippen LogP contribution in [0.2, 0.25) is 0 Å². The number of non-ortho nitro benzene ring substituents is 1. The van der Waals surface area contributed by atoms with E-state index in [1.54, 1.807) is 16.8 Å². The van der Waals surface area contributed by atoms with Gasteiger partial charge in [-0.15, -0.1) is 0 Å². The molecule has 8 nitrogen and oxygen atoms in total. The molecule has 1 aliphatic heterocycles. The second-order valence-electron chi connectivity index (χ2n) is 7.16. The molecule has 1 aromatic carbocycles. The van der Waals surface area contributed by atoms with Gasteiger partial charge < -0.3 is 15.1 Å². The summed E-state index contributed by atoms with van der Waals surface area (Å²) in [5.74, 6) is 0. The first-order valence-corrected chi connectivity index (χ1v) is 9.42. The van der Waals surface area contributed by atoms with Crippen molar-refractivity contribution in [2.45, 2.75) is 13.0 Å². The van der Waals surface area contributed by atoms with Crippen molar-refractivity contribution in [2.75, 3.05) is 46.3 Å². The van der Waals surface area contributed by atoms with Crippen LogP contribution in [0, 0.1) is 10.1 Å². The number of benzene rings is 1. The van der Waals surface area contributed by atoms with Gasteiger partial charge in [0.25, 0.3) is 5.69 Å². The first-order valence-electron chi connectivity index (χ1n) is 9.42. The average molecular weight is 372 g/mol. The smallest absolute Gasteiger partial charge is 0.269 e. The maximum absolute atomic E-state index is 10.8. The number of piperazine rings is 1. The second kappa shape index (κ2) is 9.07. The summed E-state index contributed by atoms with van der Waals surface area (Å²) < 4.78 is 1.79. The summed E-state index contributed by atoms with van der Waals surface area (Å²) in [6, 6.07) is 6.57.